The second-order valence-corrected chi connectivity index (χ2v) is 7.77. The van der Waals surface area contributed by atoms with E-state index in [1.54, 1.807) is 66.4 Å². The Balaban J connectivity index is 1.31. The second kappa shape index (κ2) is 11.0. The van der Waals surface area contributed by atoms with E-state index in [1.807, 2.05) is 5.38 Å². The fourth-order valence-electron chi connectivity index (χ4n) is 2.98. The predicted octanol–water partition coefficient (Wildman–Crippen LogP) is 4.90. The average molecular weight is 479 g/mol. The number of methoxy groups -OCH3 is 1. The molecule has 0 aliphatic heterocycles. The number of benzene rings is 2. The molecule has 2 heterocycles. The fourth-order valence-corrected chi connectivity index (χ4v) is 3.53. The van der Waals surface area contributed by atoms with Gasteiger partial charge in [-0.3, -0.25) is 4.79 Å². The highest BCUT2D eigenvalue weighted by molar-refractivity contribution is 7.07. The van der Waals surface area contributed by atoms with Gasteiger partial charge in [0.25, 0.3) is 5.91 Å². The zero-order valence-electron chi connectivity index (χ0n) is 18.2. The lowest BCUT2D eigenvalue weighted by Crippen LogP contribution is -2.27. The molecule has 10 heteroatoms. The first kappa shape index (κ1) is 22.9. The number of urea groups is 1. The maximum Gasteiger partial charge on any atom is 0.319 e. The summed E-state index contributed by atoms with van der Waals surface area (Å²) < 4.78 is 16.3. The van der Waals surface area contributed by atoms with Crippen LogP contribution in [0, 0.1) is 0 Å². The van der Waals surface area contributed by atoms with E-state index >= 15 is 0 Å². The molecule has 0 aliphatic carbocycles. The number of furan rings is 1. The number of aromatic nitrogens is 1. The molecule has 0 radical (unpaired) electrons. The van der Waals surface area contributed by atoms with Crippen molar-refractivity contribution in [2.24, 2.45) is 0 Å². The van der Waals surface area contributed by atoms with E-state index in [-0.39, 0.29) is 18.5 Å². The van der Waals surface area contributed by atoms with Gasteiger partial charge in [-0.1, -0.05) is 0 Å². The van der Waals surface area contributed by atoms with E-state index in [2.05, 4.69) is 20.9 Å². The first-order valence-electron chi connectivity index (χ1n) is 10.3. The van der Waals surface area contributed by atoms with Gasteiger partial charge in [-0.2, -0.15) is 0 Å². The molecular formula is C24H22N4O5S. The molecule has 174 valence electrons. The molecule has 4 aromatic rings. The van der Waals surface area contributed by atoms with Gasteiger partial charge in [0.1, 0.15) is 12.4 Å². The molecule has 0 atom stereocenters. The fraction of sp³-hybridized carbons (Fsp3) is 0.125. The van der Waals surface area contributed by atoms with Crippen LogP contribution in [-0.2, 0) is 13.2 Å². The molecule has 9 nitrogen and oxygen atoms in total. The molecule has 2 aromatic carbocycles. The molecule has 0 saturated heterocycles. The van der Waals surface area contributed by atoms with E-state index in [0.717, 1.165) is 5.69 Å². The molecule has 0 saturated carbocycles. The van der Waals surface area contributed by atoms with Crippen LogP contribution < -0.4 is 25.4 Å². The van der Waals surface area contributed by atoms with Crippen LogP contribution in [0.4, 0.5) is 16.2 Å². The number of thiazole rings is 1. The summed E-state index contributed by atoms with van der Waals surface area (Å²) in [5, 5.41) is 10.1. The van der Waals surface area contributed by atoms with Gasteiger partial charge in [0.2, 0.25) is 0 Å². The molecule has 0 spiro atoms. The molecule has 4 rings (SSSR count). The summed E-state index contributed by atoms with van der Waals surface area (Å²) in [6, 6.07) is 14.9. The summed E-state index contributed by atoms with van der Waals surface area (Å²) in [5.74, 6) is 1.32. The smallest absolute Gasteiger partial charge is 0.319 e. The van der Waals surface area contributed by atoms with Gasteiger partial charge in [-0.05, 0) is 54.6 Å². The quantitative estimate of drug-likeness (QED) is 0.315. The maximum atomic E-state index is 12.7. The molecule has 2 aromatic heterocycles. The van der Waals surface area contributed by atoms with Crippen molar-refractivity contribution in [3.05, 3.63) is 88.8 Å². The van der Waals surface area contributed by atoms with Crippen molar-refractivity contribution in [3.63, 3.8) is 0 Å². The van der Waals surface area contributed by atoms with E-state index in [4.69, 9.17) is 13.9 Å². The summed E-state index contributed by atoms with van der Waals surface area (Å²) >= 11 is 1.49. The Kier molecular flexibility index (Phi) is 7.41. The largest absolute Gasteiger partial charge is 0.493 e. The minimum absolute atomic E-state index is 0.283. The molecule has 0 fully saturated rings. The van der Waals surface area contributed by atoms with Crippen molar-refractivity contribution >= 4 is 34.6 Å². The number of carbonyl (C=O) groups excluding carboxylic acids is 2. The number of nitrogens with zero attached hydrogens (tertiary/aromatic N) is 1. The SMILES string of the molecule is COc1cc(C(=O)Nc2ccc(NC(=O)NCc3ccco3)cc2)ccc1OCc1cscn1. The zero-order valence-corrected chi connectivity index (χ0v) is 19.1. The van der Waals surface area contributed by atoms with Crippen LogP contribution in [0.1, 0.15) is 21.8 Å². The Bertz CT molecular complexity index is 1230. The molecule has 0 aliphatic rings. The Labute approximate surface area is 199 Å². The van der Waals surface area contributed by atoms with Crippen molar-refractivity contribution in [3.8, 4) is 11.5 Å². The molecule has 3 amide bonds. The van der Waals surface area contributed by atoms with E-state index in [0.29, 0.717) is 40.8 Å². The maximum absolute atomic E-state index is 12.7. The van der Waals surface area contributed by atoms with Gasteiger partial charge >= 0.3 is 6.03 Å². The lowest BCUT2D eigenvalue weighted by Gasteiger charge is -2.12. The number of hydrogen-bond acceptors (Lipinski definition) is 7. The Hall–Kier alpha value is -4.31. The van der Waals surface area contributed by atoms with E-state index < -0.39 is 0 Å². The third kappa shape index (κ3) is 6.14. The topological polar surface area (TPSA) is 115 Å². The average Bonchev–Trinajstić information content (AvgIpc) is 3.57. The summed E-state index contributed by atoms with van der Waals surface area (Å²) in [6.07, 6.45) is 1.55. The number of hydrogen-bond donors (Lipinski definition) is 3. The highest BCUT2D eigenvalue weighted by Gasteiger charge is 2.12. The van der Waals surface area contributed by atoms with Crippen LogP contribution in [0.15, 0.2) is 76.2 Å². The van der Waals surface area contributed by atoms with Crippen LogP contribution in [0.3, 0.4) is 0 Å². The second-order valence-electron chi connectivity index (χ2n) is 7.05. The summed E-state index contributed by atoms with van der Waals surface area (Å²) in [6.45, 7) is 0.595. The highest BCUT2D eigenvalue weighted by Crippen LogP contribution is 2.29. The standard InChI is InChI=1S/C24H22N4O5S/c1-31-22-11-16(4-9-21(22)33-13-19-14-34-15-26-19)23(29)27-17-5-7-18(8-6-17)28-24(30)25-12-20-3-2-10-32-20/h2-11,14-15H,12-13H2,1H3,(H,27,29)(H2,25,28,30). The van der Waals surface area contributed by atoms with Gasteiger partial charge < -0.3 is 29.8 Å². The van der Waals surface area contributed by atoms with Crippen LogP contribution in [0.2, 0.25) is 0 Å². The van der Waals surface area contributed by atoms with Crippen LogP contribution in [-0.4, -0.2) is 24.0 Å². The van der Waals surface area contributed by atoms with Crippen molar-refractivity contribution in [1.82, 2.24) is 10.3 Å². The van der Waals surface area contributed by atoms with Gasteiger partial charge in [-0.25, -0.2) is 9.78 Å². The number of amides is 3. The zero-order chi connectivity index (χ0) is 23.8. The minimum atomic E-state index is -0.364. The molecule has 34 heavy (non-hydrogen) atoms. The first-order valence-corrected chi connectivity index (χ1v) is 11.2. The summed E-state index contributed by atoms with van der Waals surface area (Å²) in [4.78, 5) is 28.9. The number of carbonyl (C=O) groups is 2. The molecular weight excluding hydrogens is 456 g/mol. The Morgan fingerprint density at radius 1 is 1.03 bits per heavy atom. The first-order chi connectivity index (χ1) is 16.6. The van der Waals surface area contributed by atoms with Crippen LogP contribution in [0.25, 0.3) is 0 Å². The Morgan fingerprint density at radius 2 is 1.82 bits per heavy atom. The molecule has 3 N–H and O–H groups in total. The van der Waals surface area contributed by atoms with Gasteiger partial charge in [0.05, 0.1) is 31.1 Å². The number of anilines is 2. The third-order valence-corrected chi connectivity index (χ3v) is 5.32. The molecule has 0 bridgehead atoms. The monoisotopic (exact) mass is 478 g/mol. The van der Waals surface area contributed by atoms with E-state index in [1.165, 1.54) is 18.4 Å². The van der Waals surface area contributed by atoms with Crippen molar-refractivity contribution in [2.75, 3.05) is 17.7 Å². The van der Waals surface area contributed by atoms with Crippen molar-refractivity contribution in [2.45, 2.75) is 13.2 Å². The Morgan fingerprint density at radius 3 is 2.50 bits per heavy atom. The molecule has 0 unspecified atom stereocenters. The van der Waals surface area contributed by atoms with Crippen LogP contribution in [0.5, 0.6) is 11.5 Å². The minimum Gasteiger partial charge on any atom is -0.493 e. The lowest BCUT2D eigenvalue weighted by atomic mass is 10.1. The van der Waals surface area contributed by atoms with Gasteiger partial charge in [-0.15, -0.1) is 11.3 Å². The number of rotatable bonds is 9. The van der Waals surface area contributed by atoms with Gasteiger partial charge in [0.15, 0.2) is 11.5 Å². The van der Waals surface area contributed by atoms with Crippen molar-refractivity contribution in [1.29, 1.82) is 0 Å². The number of ether oxygens (including phenoxy) is 2. The lowest BCUT2D eigenvalue weighted by molar-refractivity contribution is 0.102. The highest BCUT2D eigenvalue weighted by atomic mass is 32.1. The summed E-state index contributed by atoms with van der Waals surface area (Å²) in [5.41, 5.74) is 4.13. The van der Waals surface area contributed by atoms with Gasteiger partial charge in [0, 0.05) is 22.3 Å². The van der Waals surface area contributed by atoms with Crippen molar-refractivity contribution < 1.29 is 23.5 Å². The third-order valence-electron chi connectivity index (χ3n) is 4.69. The number of nitrogens with one attached hydrogen (secondary N) is 3. The normalized spacial score (nSPS) is 10.4. The van der Waals surface area contributed by atoms with Crippen LogP contribution >= 0.6 is 11.3 Å². The predicted molar refractivity (Wildman–Crippen MR) is 128 cm³/mol. The van der Waals surface area contributed by atoms with E-state index in [9.17, 15) is 9.59 Å². The summed E-state index contributed by atoms with van der Waals surface area (Å²) in [7, 11) is 1.52.